The molecule has 67 heavy (non-hydrogen) atoms. The minimum atomic E-state index is -0.201. The van der Waals surface area contributed by atoms with Gasteiger partial charge in [0.05, 0.1) is 5.69 Å². The fourth-order valence-corrected chi connectivity index (χ4v) is 11.2. The molecule has 0 aromatic heterocycles. The van der Waals surface area contributed by atoms with Gasteiger partial charge < -0.3 is 9.80 Å². The van der Waals surface area contributed by atoms with Crippen molar-refractivity contribution in [1.82, 2.24) is 0 Å². The van der Waals surface area contributed by atoms with Crippen molar-refractivity contribution in [3.63, 3.8) is 0 Å². The fourth-order valence-electron chi connectivity index (χ4n) is 11.2. The number of hydrogen-bond acceptors (Lipinski definition) is 2. The van der Waals surface area contributed by atoms with Gasteiger partial charge in [-0.2, -0.15) is 0 Å². The maximum absolute atomic E-state index is 2.47. The zero-order valence-corrected chi connectivity index (χ0v) is 38.8. The van der Waals surface area contributed by atoms with Gasteiger partial charge in [0, 0.05) is 44.7 Å². The summed E-state index contributed by atoms with van der Waals surface area (Å²) in [5, 5.41) is 5.01. The zero-order valence-electron chi connectivity index (χ0n) is 38.8. The standard InChI is InChI=1S/C65H52N2/c1-43-17-16-23-49(37-43)67(63-40-46-18-12-13-24-52(46)53-25-14-15-26-58(53)63)51-32-36-57-55-34-30-45(39-60(55)65(4,5)62(57)42-51)28-27-44-29-33-54-56-35-31-50(41-61(56)64(2,3)59(54)38-44)66(47-19-8-6-9-20-47)48-21-10-7-11-22-48/h6-42H,1-5H3/b28-27+. The second kappa shape index (κ2) is 15.6. The number of fused-ring (bicyclic) bond motifs is 9. The smallest absolute Gasteiger partial charge is 0.0546 e. The molecular formula is C65H52N2. The molecule has 2 heteroatoms. The quantitative estimate of drug-likeness (QED) is 0.111. The van der Waals surface area contributed by atoms with Crippen LogP contribution in [0, 0.1) is 6.92 Å². The molecule has 2 aliphatic rings. The van der Waals surface area contributed by atoms with Gasteiger partial charge in [-0.25, -0.2) is 0 Å². The first-order valence-corrected chi connectivity index (χ1v) is 23.6. The van der Waals surface area contributed by atoms with Crippen molar-refractivity contribution >= 4 is 67.8 Å². The first kappa shape index (κ1) is 40.6. The lowest BCUT2D eigenvalue weighted by Gasteiger charge is -2.29. The Morgan fingerprint density at radius 3 is 1.31 bits per heavy atom. The molecule has 0 heterocycles. The average Bonchev–Trinajstić information content (AvgIpc) is 3.72. The molecule has 2 nitrogen and oxygen atoms in total. The van der Waals surface area contributed by atoms with Crippen LogP contribution in [0.5, 0.6) is 0 Å². The highest BCUT2D eigenvalue weighted by Crippen LogP contribution is 2.53. The van der Waals surface area contributed by atoms with Gasteiger partial charge in [-0.15, -0.1) is 0 Å². The van der Waals surface area contributed by atoms with Crippen LogP contribution < -0.4 is 9.80 Å². The van der Waals surface area contributed by atoms with E-state index in [2.05, 4.69) is 269 Å². The molecule has 0 spiro atoms. The highest BCUT2D eigenvalue weighted by Gasteiger charge is 2.38. The van der Waals surface area contributed by atoms with Crippen LogP contribution >= 0.6 is 0 Å². The summed E-state index contributed by atoms with van der Waals surface area (Å²) >= 11 is 0. The molecule has 0 amide bonds. The molecule has 0 unspecified atom stereocenters. The minimum Gasteiger partial charge on any atom is -0.310 e. The van der Waals surface area contributed by atoms with Gasteiger partial charge in [-0.3, -0.25) is 0 Å². The van der Waals surface area contributed by atoms with Crippen LogP contribution in [0.25, 0.3) is 56.0 Å². The normalized spacial score (nSPS) is 13.9. The van der Waals surface area contributed by atoms with Crippen molar-refractivity contribution < 1.29 is 0 Å². The Balaban J connectivity index is 0.866. The largest absolute Gasteiger partial charge is 0.310 e. The summed E-state index contributed by atoms with van der Waals surface area (Å²) < 4.78 is 0. The topological polar surface area (TPSA) is 6.48 Å². The molecule has 12 rings (SSSR count). The van der Waals surface area contributed by atoms with E-state index in [1.807, 2.05) is 0 Å². The van der Waals surface area contributed by atoms with Crippen LogP contribution in [0.2, 0.25) is 0 Å². The van der Waals surface area contributed by atoms with Crippen molar-refractivity contribution in [2.75, 3.05) is 9.80 Å². The van der Waals surface area contributed by atoms with E-state index in [4.69, 9.17) is 0 Å². The Kier molecular flexibility index (Phi) is 9.45. The average molecular weight is 861 g/mol. The molecule has 0 saturated carbocycles. The zero-order chi connectivity index (χ0) is 45.4. The third-order valence-electron chi connectivity index (χ3n) is 14.6. The molecule has 0 bridgehead atoms. The predicted molar refractivity (Wildman–Crippen MR) is 286 cm³/mol. The molecule has 10 aromatic rings. The molecule has 2 aliphatic carbocycles. The van der Waals surface area contributed by atoms with E-state index in [-0.39, 0.29) is 10.8 Å². The van der Waals surface area contributed by atoms with Crippen LogP contribution in [-0.2, 0) is 10.8 Å². The van der Waals surface area contributed by atoms with Crippen molar-refractivity contribution in [3.05, 3.63) is 251 Å². The number of aryl methyl sites for hydroxylation is 1. The lowest BCUT2D eigenvalue weighted by molar-refractivity contribution is 0.660. The Morgan fingerprint density at radius 1 is 0.328 bits per heavy atom. The summed E-state index contributed by atoms with van der Waals surface area (Å²) in [6, 6.07) is 78.4. The van der Waals surface area contributed by atoms with E-state index >= 15 is 0 Å². The van der Waals surface area contributed by atoms with E-state index in [9.17, 15) is 0 Å². The van der Waals surface area contributed by atoms with Crippen LogP contribution in [0.1, 0.15) is 66.6 Å². The van der Waals surface area contributed by atoms with Crippen LogP contribution in [-0.4, -0.2) is 0 Å². The van der Waals surface area contributed by atoms with Gasteiger partial charge in [0.25, 0.3) is 0 Å². The predicted octanol–water partition coefficient (Wildman–Crippen LogP) is 18.0. The van der Waals surface area contributed by atoms with Crippen molar-refractivity contribution in [3.8, 4) is 22.3 Å². The van der Waals surface area contributed by atoms with Gasteiger partial charge in [0.2, 0.25) is 0 Å². The number of hydrogen-bond donors (Lipinski definition) is 0. The third kappa shape index (κ3) is 6.70. The van der Waals surface area contributed by atoms with Gasteiger partial charge in [-0.1, -0.05) is 185 Å². The Hall–Kier alpha value is -7.94. The van der Waals surface area contributed by atoms with Gasteiger partial charge >= 0.3 is 0 Å². The van der Waals surface area contributed by atoms with E-state index in [0.29, 0.717) is 0 Å². The second-order valence-electron chi connectivity index (χ2n) is 19.5. The molecule has 0 atom stereocenters. The molecule has 0 N–H and O–H groups in total. The number of benzene rings is 10. The monoisotopic (exact) mass is 860 g/mol. The molecular weight excluding hydrogens is 809 g/mol. The summed E-state index contributed by atoms with van der Waals surface area (Å²) in [7, 11) is 0. The molecule has 0 saturated heterocycles. The van der Waals surface area contributed by atoms with Crippen molar-refractivity contribution in [2.45, 2.75) is 45.4 Å². The first-order valence-electron chi connectivity index (χ1n) is 23.6. The molecule has 0 fully saturated rings. The molecule has 0 aliphatic heterocycles. The lowest BCUT2D eigenvalue weighted by atomic mass is 9.81. The maximum atomic E-state index is 2.47. The Bertz CT molecular complexity index is 3560. The summed E-state index contributed by atoms with van der Waals surface area (Å²) in [5.41, 5.74) is 20.9. The van der Waals surface area contributed by atoms with Crippen LogP contribution in [0.4, 0.5) is 34.1 Å². The summed E-state index contributed by atoms with van der Waals surface area (Å²) in [6.45, 7) is 11.7. The van der Waals surface area contributed by atoms with E-state index in [1.54, 1.807) is 0 Å². The van der Waals surface area contributed by atoms with Crippen LogP contribution in [0.3, 0.4) is 0 Å². The number of nitrogens with zero attached hydrogens (tertiary/aromatic N) is 2. The molecule has 10 aromatic carbocycles. The first-order chi connectivity index (χ1) is 32.6. The summed E-state index contributed by atoms with van der Waals surface area (Å²) in [6.07, 6.45) is 4.58. The molecule has 0 radical (unpaired) electrons. The van der Waals surface area contributed by atoms with Gasteiger partial charge in [-0.05, 0) is 151 Å². The highest BCUT2D eigenvalue weighted by atomic mass is 15.1. The Labute approximate surface area is 394 Å². The van der Waals surface area contributed by atoms with Gasteiger partial charge in [0.15, 0.2) is 0 Å². The lowest BCUT2D eigenvalue weighted by Crippen LogP contribution is -2.17. The third-order valence-corrected chi connectivity index (χ3v) is 14.6. The summed E-state index contributed by atoms with van der Waals surface area (Å²) in [4.78, 5) is 4.82. The van der Waals surface area contributed by atoms with E-state index < -0.39 is 0 Å². The minimum absolute atomic E-state index is 0.165. The Morgan fingerprint density at radius 2 is 0.761 bits per heavy atom. The van der Waals surface area contributed by atoms with Crippen LogP contribution in [0.15, 0.2) is 212 Å². The van der Waals surface area contributed by atoms with Gasteiger partial charge in [0.1, 0.15) is 0 Å². The number of para-hydroxylation sites is 2. The highest BCUT2D eigenvalue weighted by molar-refractivity contribution is 6.14. The van der Waals surface area contributed by atoms with E-state index in [0.717, 1.165) is 28.4 Å². The van der Waals surface area contributed by atoms with Crippen molar-refractivity contribution in [1.29, 1.82) is 0 Å². The van der Waals surface area contributed by atoms with Crippen molar-refractivity contribution in [2.24, 2.45) is 0 Å². The molecule has 322 valence electrons. The fraction of sp³-hybridized carbons (Fsp3) is 0.108. The second-order valence-corrected chi connectivity index (χ2v) is 19.5. The maximum Gasteiger partial charge on any atom is 0.0546 e. The summed E-state index contributed by atoms with van der Waals surface area (Å²) in [5.74, 6) is 0. The SMILES string of the molecule is Cc1cccc(N(c2ccc3c(c2)C(C)(C)c2cc(/C=C/c4ccc5c(c4)C(C)(C)c4cc(N(c6ccccc6)c6ccccc6)ccc4-5)ccc2-3)c2cc3ccccc3c3ccccc23)c1. The number of rotatable bonds is 8. The number of anilines is 6. The van der Waals surface area contributed by atoms with E-state index in [1.165, 1.54) is 88.4 Å².